The van der Waals surface area contributed by atoms with E-state index in [1.807, 2.05) is 0 Å². The van der Waals surface area contributed by atoms with Crippen molar-refractivity contribution in [2.24, 2.45) is 5.92 Å². The van der Waals surface area contributed by atoms with Crippen LogP contribution in [0.15, 0.2) is 24.3 Å². The molecular formula is C17H18O3S. The Morgan fingerprint density at radius 3 is 2.48 bits per heavy atom. The second-order valence-corrected chi connectivity index (χ2v) is 8.53. The van der Waals surface area contributed by atoms with Gasteiger partial charge in [-0.2, -0.15) is 0 Å². The summed E-state index contributed by atoms with van der Waals surface area (Å²) < 4.78 is 24.5. The van der Waals surface area contributed by atoms with E-state index in [-0.39, 0.29) is 22.2 Å². The first-order valence-corrected chi connectivity index (χ1v) is 8.97. The standard InChI is InChI=1S/C17H18O3S/c1-2-12-5-3-6-13(9-12)17(18)14-10-15-7-4-8-16(11-14)21(15,19)20/h1,3,5-6,9,14-16H,4,7-8,10-11H2. The average Bonchev–Trinajstić information content (AvgIpc) is 2.45. The molecule has 0 radical (unpaired) electrons. The quantitative estimate of drug-likeness (QED) is 0.623. The van der Waals surface area contributed by atoms with Crippen molar-refractivity contribution in [3.05, 3.63) is 35.4 Å². The van der Waals surface area contributed by atoms with Crippen LogP contribution in [0.3, 0.4) is 0 Å². The topological polar surface area (TPSA) is 51.2 Å². The third-order valence-corrected chi connectivity index (χ3v) is 7.48. The van der Waals surface area contributed by atoms with Gasteiger partial charge in [-0.3, -0.25) is 4.79 Å². The maximum atomic E-state index is 12.6. The molecule has 2 unspecified atom stereocenters. The maximum absolute atomic E-state index is 12.6. The fourth-order valence-corrected chi connectivity index (χ4v) is 6.16. The van der Waals surface area contributed by atoms with E-state index in [0.717, 1.165) is 6.42 Å². The average molecular weight is 302 g/mol. The minimum absolute atomic E-state index is 0.0406. The van der Waals surface area contributed by atoms with Gasteiger partial charge in [-0.05, 0) is 37.8 Å². The van der Waals surface area contributed by atoms with Crippen LogP contribution in [0.5, 0.6) is 0 Å². The van der Waals surface area contributed by atoms with E-state index in [4.69, 9.17) is 6.42 Å². The van der Waals surface area contributed by atoms with Crippen LogP contribution in [-0.2, 0) is 9.84 Å². The molecule has 2 saturated heterocycles. The summed E-state index contributed by atoms with van der Waals surface area (Å²) in [4.78, 5) is 12.6. The van der Waals surface area contributed by atoms with Crippen molar-refractivity contribution in [1.29, 1.82) is 0 Å². The van der Waals surface area contributed by atoms with Crippen LogP contribution >= 0.6 is 0 Å². The van der Waals surface area contributed by atoms with Crippen molar-refractivity contribution in [2.45, 2.75) is 42.6 Å². The molecule has 2 aliphatic heterocycles. The number of terminal acetylenes is 1. The molecular weight excluding hydrogens is 284 g/mol. The van der Waals surface area contributed by atoms with Crippen molar-refractivity contribution in [2.75, 3.05) is 0 Å². The summed E-state index contributed by atoms with van der Waals surface area (Å²) in [5.74, 6) is 2.39. The molecule has 0 amide bonds. The van der Waals surface area contributed by atoms with Crippen LogP contribution in [0.25, 0.3) is 0 Å². The molecule has 2 heterocycles. The van der Waals surface area contributed by atoms with Gasteiger partial charge in [0.1, 0.15) is 0 Å². The van der Waals surface area contributed by atoms with Crippen molar-refractivity contribution < 1.29 is 13.2 Å². The molecule has 3 nitrogen and oxygen atoms in total. The molecule has 0 aromatic heterocycles. The van der Waals surface area contributed by atoms with Gasteiger partial charge in [-0.15, -0.1) is 6.42 Å². The minimum atomic E-state index is -3.01. The molecule has 3 rings (SSSR count). The van der Waals surface area contributed by atoms with Gasteiger partial charge in [0.15, 0.2) is 15.6 Å². The Morgan fingerprint density at radius 1 is 1.19 bits per heavy atom. The van der Waals surface area contributed by atoms with E-state index in [9.17, 15) is 13.2 Å². The Kier molecular flexibility index (Phi) is 3.62. The van der Waals surface area contributed by atoms with E-state index >= 15 is 0 Å². The monoisotopic (exact) mass is 302 g/mol. The largest absolute Gasteiger partial charge is 0.294 e. The van der Waals surface area contributed by atoms with Gasteiger partial charge in [0.25, 0.3) is 0 Å². The lowest BCUT2D eigenvalue weighted by atomic mass is 9.84. The highest BCUT2D eigenvalue weighted by atomic mass is 32.2. The van der Waals surface area contributed by atoms with Gasteiger partial charge < -0.3 is 0 Å². The van der Waals surface area contributed by atoms with E-state index in [1.165, 1.54) is 0 Å². The number of sulfone groups is 1. The zero-order chi connectivity index (χ0) is 15.0. The normalized spacial score (nSPS) is 30.3. The highest BCUT2D eigenvalue weighted by Gasteiger charge is 2.46. The molecule has 1 aromatic carbocycles. The molecule has 0 saturated carbocycles. The predicted molar refractivity (Wildman–Crippen MR) is 81.8 cm³/mol. The second-order valence-electron chi connectivity index (χ2n) is 6.02. The van der Waals surface area contributed by atoms with Crippen molar-refractivity contribution >= 4 is 15.6 Å². The lowest BCUT2D eigenvalue weighted by Gasteiger charge is -2.38. The van der Waals surface area contributed by atoms with Gasteiger partial charge >= 0.3 is 0 Å². The number of Topliss-reactive ketones (excluding diaryl/α,β-unsaturated/α-hetero) is 1. The van der Waals surface area contributed by atoms with Gasteiger partial charge in [-0.25, -0.2) is 8.42 Å². The first-order valence-electron chi connectivity index (χ1n) is 7.36. The van der Waals surface area contributed by atoms with Crippen molar-refractivity contribution in [3.8, 4) is 12.3 Å². The summed E-state index contributed by atoms with van der Waals surface area (Å²) in [6.45, 7) is 0. The second kappa shape index (κ2) is 5.31. The molecule has 2 atom stereocenters. The number of benzene rings is 1. The molecule has 4 heteroatoms. The Morgan fingerprint density at radius 2 is 1.86 bits per heavy atom. The van der Waals surface area contributed by atoms with E-state index in [0.29, 0.717) is 36.8 Å². The first kappa shape index (κ1) is 14.3. The summed E-state index contributed by atoms with van der Waals surface area (Å²) >= 11 is 0. The molecule has 0 aliphatic carbocycles. The van der Waals surface area contributed by atoms with E-state index < -0.39 is 9.84 Å². The minimum Gasteiger partial charge on any atom is -0.294 e. The third-order valence-electron chi connectivity index (χ3n) is 4.76. The van der Waals surface area contributed by atoms with E-state index in [1.54, 1.807) is 24.3 Å². The van der Waals surface area contributed by atoms with E-state index in [2.05, 4.69) is 5.92 Å². The highest BCUT2D eigenvalue weighted by molar-refractivity contribution is 7.92. The molecule has 21 heavy (non-hydrogen) atoms. The summed E-state index contributed by atoms with van der Waals surface area (Å²) in [5, 5.41) is -0.649. The van der Waals surface area contributed by atoms with Crippen LogP contribution in [0, 0.1) is 18.3 Å². The van der Waals surface area contributed by atoms with Gasteiger partial charge in [0.05, 0.1) is 10.5 Å². The highest BCUT2D eigenvalue weighted by Crippen LogP contribution is 2.40. The summed E-state index contributed by atoms with van der Waals surface area (Å²) in [6.07, 6.45) is 8.67. The fourth-order valence-electron chi connectivity index (χ4n) is 3.62. The number of fused-ring (bicyclic) bond motifs is 2. The number of hydrogen-bond acceptors (Lipinski definition) is 3. The summed E-state index contributed by atoms with van der Waals surface area (Å²) in [7, 11) is -3.01. The molecule has 0 spiro atoms. The Balaban J connectivity index is 1.85. The molecule has 0 N–H and O–H groups in total. The first-order chi connectivity index (χ1) is 10.0. The fraction of sp³-hybridized carbons (Fsp3) is 0.471. The maximum Gasteiger partial charge on any atom is 0.166 e. The molecule has 2 aliphatic rings. The van der Waals surface area contributed by atoms with Crippen LogP contribution < -0.4 is 0 Å². The predicted octanol–water partition coefficient (Wildman–Crippen LogP) is 2.60. The zero-order valence-electron chi connectivity index (χ0n) is 11.8. The van der Waals surface area contributed by atoms with Crippen LogP contribution in [-0.4, -0.2) is 24.7 Å². The van der Waals surface area contributed by atoms with Gasteiger partial charge in [0.2, 0.25) is 0 Å². The molecule has 2 bridgehead atoms. The smallest absolute Gasteiger partial charge is 0.166 e. The van der Waals surface area contributed by atoms with Crippen molar-refractivity contribution in [1.82, 2.24) is 0 Å². The summed E-state index contributed by atoms with van der Waals surface area (Å²) in [6, 6.07) is 7.06. The number of carbonyl (C=O) groups excluding carboxylic acids is 1. The van der Waals surface area contributed by atoms with Crippen LogP contribution in [0.2, 0.25) is 0 Å². The van der Waals surface area contributed by atoms with Crippen LogP contribution in [0.1, 0.15) is 48.0 Å². The Hall–Kier alpha value is -1.60. The molecule has 110 valence electrons. The SMILES string of the molecule is C#Cc1cccc(C(=O)C2CC3CCCC(C2)S3(=O)=O)c1. The van der Waals surface area contributed by atoms with Gasteiger partial charge in [-0.1, -0.05) is 24.5 Å². The number of rotatable bonds is 2. The number of hydrogen-bond donors (Lipinski definition) is 0. The number of carbonyl (C=O) groups is 1. The molecule has 2 fully saturated rings. The lowest BCUT2D eigenvalue weighted by Crippen LogP contribution is -2.45. The van der Waals surface area contributed by atoms with Crippen LogP contribution in [0.4, 0.5) is 0 Å². The summed E-state index contributed by atoms with van der Waals surface area (Å²) in [5.41, 5.74) is 1.29. The third kappa shape index (κ3) is 2.51. The van der Waals surface area contributed by atoms with Gasteiger partial charge in [0, 0.05) is 17.0 Å². The Bertz CT molecular complexity index is 692. The Labute approximate surface area is 125 Å². The zero-order valence-corrected chi connectivity index (χ0v) is 12.6. The molecule has 1 aromatic rings. The number of ketones is 1. The van der Waals surface area contributed by atoms with Crippen molar-refractivity contribution in [3.63, 3.8) is 0 Å². The lowest BCUT2D eigenvalue weighted by molar-refractivity contribution is 0.0894.